The largest absolute Gasteiger partial charge is 0.481 e. The number of carbonyl (C=O) groups is 3. The van der Waals surface area contributed by atoms with Gasteiger partial charge in [0, 0.05) is 24.8 Å². The number of urea groups is 1. The minimum atomic E-state index is -1.04. The summed E-state index contributed by atoms with van der Waals surface area (Å²) < 4.78 is 5.28. The Bertz CT molecular complexity index is 1230. The van der Waals surface area contributed by atoms with Crippen LogP contribution in [-0.4, -0.2) is 49.6 Å². The highest BCUT2D eigenvalue weighted by Gasteiger charge is 2.35. The molecule has 188 valence electrons. The molecule has 1 fully saturated rings. The molecule has 1 aliphatic heterocycles. The second-order valence-electron chi connectivity index (χ2n) is 9.33. The Hall–Kier alpha value is -4.28. The van der Waals surface area contributed by atoms with E-state index in [4.69, 9.17) is 4.52 Å². The number of benzene rings is 1. The molecule has 11 nitrogen and oxygen atoms in total. The van der Waals surface area contributed by atoms with Crippen molar-refractivity contribution in [2.75, 3.05) is 17.2 Å². The number of aliphatic carboxylic acids is 1. The second kappa shape index (κ2) is 10.5. The van der Waals surface area contributed by atoms with Crippen molar-refractivity contribution in [3.8, 4) is 0 Å². The van der Waals surface area contributed by atoms with E-state index in [9.17, 15) is 19.5 Å². The van der Waals surface area contributed by atoms with Crippen molar-refractivity contribution >= 4 is 29.4 Å². The molecule has 3 amide bonds. The first-order chi connectivity index (χ1) is 17.2. The number of carboxylic acid groups (broad SMARTS) is 1. The van der Waals surface area contributed by atoms with Crippen molar-refractivity contribution in [2.45, 2.75) is 45.6 Å². The number of carbonyl (C=O) groups excluding carboxylic acids is 2. The number of carboxylic acids is 1. The Kier molecular flexibility index (Phi) is 7.28. The minimum Gasteiger partial charge on any atom is -0.481 e. The summed E-state index contributed by atoms with van der Waals surface area (Å²) in [6.07, 6.45) is 3.30. The summed E-state index contributed by atoms with van der Waals surface area (Å²) in [5, 5.41) is 18.7. The zero-order valence-electron chi connectivity index (χ0n) is 20.1. The van der Waals surface area contributed by atoms with E-state index in [1.54, 1.807) is 49.2 Å². The lowest BCUT2D eigenvalue weighted by molar-refractivity contribution is -0.147. The summed E-state index contributed by atoms with van der Waals surface area (Å²) in [6, 6.07) is 11.7. The summed E-state index contributed by atoms with van der Waals surface area (Å²) in [5.74, 6) is -0.0627. The number of amides is 3. The van der Waals surface area contributed by atoms with Crippen LogP contribution in [0.1, 0.15) is 50.0 Å². The lowest BCUT2D eigenvalue weighted by atomic mass is 9.90. The topological polar surface area (TPSA) is 151 Å². The van der Waals surface area contributed by atoms with Crippen molar-refractivity contribution in [1.29, 1.82) is 0 Å². The maximum absolute atomic E-state index is 13.0. The third-order valence-corrected chi connectivity index (χ3v) is 5.98. The Morgan fingerprint density at radius 3 is 2.61 bits per heavy atom. The number of hydrogen-bond donors (Lipinski definition) is 3. The van der Waals surface area contributed by atoms with Crippen LogP contribution < -0.4 is 10.6 Å². The van der Waals surface area contributed by atoms with Gasteiger partial charge in [0.05, 0.1) is 17.9 Å². The molecule has 1 unspecified atom stereocenters. The first-order valence-corrected chi connectivity index (χ1v) is 11.6. The minimum absolute atomic E-state index is 0.0981. The van der Waals surface area contributed by atoms with Gasteiger partial charge in [0.15, 0.2) is 5.82 Å². The monoisotopic (exact) mass is 492 g/mol. The zero-order valence-corrected chi connectivity index (χ0v) is 20.1. The van der Waals surface area contributed by atoms with E-state index in [0.29, 0.717) is 35.9 Å². The molecule has 2 aromatic heterocycles. The zero-order chi connectivity index (χ0) is 25.7. The van der Waals surface area contributed by atoms with E-state index >= 15 is 0 Å². The Labute approximate surface area is 207 Å². The molecular weight excluding hydrogens is 464 g/mol. The number of rotatable bonds is 8. The van der Waals surface area contributed by atoms with Gasteiger partial charge in [-0.3, -0.25) is 14.9 Å². The van der Waals surface area contributed by atoms with Gasteiger partial charge in [-0.05, 0) is 50.5 Å². The third kappa shape index (κ3) is 6.04. The van der Waals surface area contributed by atoms with Crippen LogP contribution in [0.3, 0.4) is 0 Å². The number of aromatic nitrogens is 3. The molecule has 1 atom stereocenters. The summed E-state index contributed by atoms with van der Waals surface area (Å²) in [4.78, 5) is 46.9. The van der Waals surface area contributed by atoms with Crippen molar-refractivity contribution in [1.82, 2.24) is 20.0 Å². The van der Waals surface area contributed by atoms with Gasteiger partial charge in [-0.1, -0.05) is 29.4 Å². The van der Waals surface area contributed by atoms with E-state index < -0.39 is 17.4 Å². The van der Waals surface area contributed by atoms with Gasteiger partial charge < -0.3 is 19.8 Å². The molecule has 0 bridgehead atoms. The van der Waals surface area contributed by atoms with Gasteiger partial charge in [-0.25, -0.2) is 9.78 Å². The van der Waals surface area contributed by atoms with Crippen LogP contribution in [0.5, 0.6) is 0 Å². The normalized spacial score (nSPS) is 15.5. The number of anilines is 2. The first-order valence-electron chi connectivity index (χ1n) is 11.6. The SMILES string of the molecule is CC(C)(Cc1nc(C2CCCN2C(=O)Cc2ccc(NC(=O)Nc3ccccc3)nc2)no1)C(=O)O. The molecule has 1 saturated heterocycles. The molecule has 11 heteroatoms. The average Bonchev–Trinajstić information content (AvgIpc) is 3.50. The fourth-order valence-electron chi connectivity index (χ4n) is 3.94. The Morgan fingerprint density at radius 1 is 1.14 bits per heavy atom. The number of hydrogen-bond acceptors (Lipinski definition) is 7. The molecule has 3 N–H and O–H groups in total. The van der Waals surface area contributed by atoms with Crippen LogP contribution in [0.4, 0.5) is 16.3 Å². The summed E-state index contributed by atoms with van der Waals surface area (Å²) in [5.41, 5.74) is 0.332. The molecule has 36 heavy (non-hydrogen) atoms. The van der Waals surface area contributed by atoms with Crippen LogP contribution in [-0.2, 0) is 22.4 Å². The molecule has 4 rings (SSSR count). The molecule has 1 aromatic carbocycles. The maximum Gasteiger partial charge on any atom is 0.324 e. The number of pyridine rings is 1. The van der Waals surface area contributed by atoms with Crippen molar-refractivity contribution in [3.63, 3.8) is 0 Å². The maximum atomic E-state index is 13.0. The molecule has 3 aromatic rings. The Morgan fingerprint density at radius 2 is 1.92 bits per heavy atom. The van der Waals surface area contributed by atoms with E-state index in [1.165, 1.54) is 0 Å². The average molecular weight is 493 g/mol. The van der Waals surface area contributed by atoms with Crippen LogP contribution in [0, 0.1) is 5.41 Å². The van der Waals surface area contributed by atoms with E-state index in [0.717, 1.165) is 6.42 Å². The van der Waals surface area contributed by atoms with Crippen LogP contribution in [0.15, 0.2) is 53.2 Å². The van der Waals surface area contributed by atoms with Gasteiger partial charge >= 0.3 is 12.0 Å². The first kappa shape index (κ1) is 24.8. The lowest BCUT2D eigenvalue weighted by Crippen LogP contribution is -2.32. The second-order valence-corrected chi connectivity index (χ2v) is 9.33. The fraction of sp³-hybridized carbons (Fsp3) is 0.360. The Balaban J connectivity index is 1.34. The summed E-state index contributed by atoms with van der Waals surface area (Å²) >= 11 is 0. The summed E-state index contributed by atoms with van der Waals surface area (Å²) in [7, 11) is 0. The molecule has 0 radical (unpaired) electrons. The molecule has 1 aliphatic rings. The van der Waals surface area contributed by atoms with Gasteiger partial charge in [0.2, 0.25) is 11.8 Å². The third-order valence-electron chi connectivity index (χ3n) is 5.98. The van der Waals surface area contributed by atoms with Crippen molar-refractivity contribution in [3.05, 3.63) is 65.9 Å². The number of nitrogens with one attached hydrogen (secondary N) is 2. The molecule has 0 aliphatic carbocycles. The van der Waals surface area contributed by atoms with Crippen molar-refractivity contribution < 1.29 is 24.0 Å². The fourth-order valence-corrected chi connectivity index (χ4v) is 3.94. The van der Waals surface area contributed by atoms with Crippen LogP contribution in [0.25, 0.3) is 0 Å². The highest BCUT2D eigenvalue weighted by molar-refractivity contribution is 5.99. The van der Waals surface area contributed by atoms with Gasteiger partial charge in [-0.2, -0.15) is 4.98 Å². The molecule has 0 saturated carbocycles. The standard InChI is InChI=1S/C25H28N6O5/c1-25(2,23(33)34)14-20-29-22(30-36-20)18-9-6-12-31(18)21(32)13-16-10-11-19(26-15-16)28-24(35)27-17-7-4-3-5-8-17/h3-5,7-8,10-11,15,18H,6,9,12-14H2,1-2H3,(H,33,34)(H2,26,27,28,35). The highest BCUT2D eigenvalue weighted by Crippen LogP contribution is 2.31. The highest BCUT2D eigenvalue weighted by atomic mass is 16.5. The van der Waals surface area contributed by atoms with E-state index in [-0.39, 0.29) is 30.7 Å². The number of para-hydroxylation sites is 1. The van der Waals surface area contributed by atoms with E-state index in [1.807, 2.05) is 18.2 Å². The number of nitrogens with zero attached hydrogens (tertiary/aromatic N) is 4. The van der Waals surface area contributed by atoms with Gasteiger partial charge in [-0.15, -0.1) is 0 Å². The number of likely N-dealkylation sites (tertiary alicyclic amines) is 1. The van der Waals surface area contributed by atoms with Gasteiger partial charge in [0.1, 0.15) is 5.82 Å². The smallest absolute Gasteiger partial charge is 0.324 e. The van der Waals surface area contributed by atoms with Gasteiger partial charge in [0.25, 0.3) is 0 Å². The summed E-state index contributed by atoms with van der Waals surface area (Å²) in [6.45, 7) is 3.75. The quantitative estimate of drug-likeness (QED) is 0.431. The molecule has 0 spiro atoms. The molecular formula is C25H28N6O5. The predicted molar refractivity (Wildman–Crippen MR) is 130 cm³/mol. The van der Waals surface area contributed by atoms with E-state index in [2.05, 4.69) is 25.8 Å². The predicted octanol–water partition coefficient (Wildman–Crippen LogP) is 3.67. The lowest BCUT2D eigenvalue weighted by Gasteiger charge is -2.22. The van der Waals surface area contributed by atoms with Crippen LogP contribution in [0.2, 0.25) is 0 Å². The van der Waals surface area contributed by atoms with Crippen LogP contribution >= 0.6 is 0 Å². The molecule has 3 heterocycles. The van der Waals surface area contributed by atoms with Crippen molar-refractivity contribution in [2.24, 2.45) is 5.41 Å².